The van der Waals surface area contributed by atoms with Crippen molar-refractivity contribution in [1.82, 2.24) is 0 Å². The summed E-state index contributed by atoms with van der Waals surface area (Å²) in [6, 6.07) is 16.2. The Kier molecular flexibility index (Phi) is 4.37. The summed E-state index contributed by atoms with van der Waals surface area (Å²) in [4.78, 5) is 0. The second-order valence-corrected chi connectivity index (χ2v) is 6.16. The van der Waals surface area contributed by atoms with Crippen molar-refractivity contribution in [3.05, 3.63) is 77.9 Å². The van der Waals surface area contributed by atoms with Gasteiger partial charge in [0.2, 0.25) is 0 Å². The van der Waals surface area contributed by atoms with Crippen LogP contribution in [0.25, 0.3) is 6.08 Å². The van der Waals surface area contributed by atoms with Gasteiger partial charge >= 0.3 is 0 Å². The third-order valence-electron chi connectivity index (χ3n) is 3.17. The van der Waals surface area contributed by atoms with Crippen LogP contribution in [0.2, 0.25) is 0 Å². The average Bonchev–Trinajstić information content (AvgIpc) is 2.45. The van der Waals surface area contributed by atoms with E-state index in [1.807, 2.05) is 30.3 Å². The average molecular weight is 288 g/mol. The van der Waals surface area contributed by atoms with Gasteiger partial charge < -0.3 is 0 Å². The molecule has 0 heterocycles. The standard InChI is InChI=1S/C16H16O3S/c1-2-13-8-10-14(11-9-13)12-16(20(17,18)19)15-6-4-3-5-7-15/h2-11,16H,1,12H2,(H,17,18,19). The summed E-state index contributed by atoms with van der Waals surface area (Å²) >= 11 is 0. The zero-order valence-corrected chi connectivity index (χ0v) is 11.8. The SMILES string of the molecule is C=Cc1ccc(CC(c2ccccc2)S(=O)(=O)O)cc1. The maximum atomic E-state index is 11.6. The molecule has 2 aromatic rings. The lowest BCUT2D eigenvalue weighted by atomic mass is 10.0. The minimum absolute atomic E-state index is 0.236. The van der Waals surface area contributed by atoms with Gasteiger partial charge in [0.25, 0.3) is 10.1 Å². The molecule has 104 valence electrons. The molecular weight excluding hydrogens is 272 g/mol. The van der Waals surface area contributed by atoms with E-state index in [0.29, 0.717) is 5.56 Å². The van der Waals surface area contributed by atoms with E-state index in [4.69, 9.17) is 0 Å². The van der Waals surface area contributed by atoms with Gasteiger partial charge in [-0.3, -0.25) is 4.55 Å². The lowest BCUT2D eigenvalue weighted by Crippen LogP contribution is -2.14. The topological polar surface area (TPSA) is 54.4 Å². The largest absolute Gasteiger partial charge is 0.285 e. The molecule has 2 rings (SSSR count). The van der Waals surface area contributed by atoms with Gasteiger partial charge in [-0.1, -0.05) is 67.3 Å². The van der Waals surface area contributed by atoms with Gasteiger partial charge in [0.15, 0.2) is 0 Å². The summed E-state index contributed by atoms with van der Waals surface area (Å²) in [5, 5.41) is -0.946. The second-order valence-electron chi connectivity index (χ2n) is 4.56. The molecule has 0 aromatic heterocycles. The van der Waals surface area contributed by atoms with Crippen molar-refractivity contribution in [1.29, 1.82) is 0 Å². The lowest BCUT2D eigenvalue weighted by molar-refractivity contribution is 0.468. The van der Waals surface area contributed by atoms with Gasteiger partial charge in [0.1, 0.15) is 5.25 Å². The molecular formula is C16H16O3S. The monoisotopic (exact) mass is 288 g/mol. The van der Waals surface area contributed by atoms with Crippen molar-refractivity contribution >= 4 is 16.2 Å². The fraction of sp³-hybridized carbons (Fsp3) is 0.125. The first-order chi connectivity index (χ1) is 9.50. The van der Waals surface area contributed by atoms with E-state index in [-0.39, 0.29) is 6.42 Å². The van der Waals surface area contributed by atoms with Crippen LogP contribution in [0.4, 0.5) is 0 Å². The molecule has 1 N–H and O–H groups in total. The lowest BCUT2D eigenvalue weighted by Gasteiger charge is -2.14. The second kappa shape index (κ2) is 6.03. The summed E-state index contributed by atoms with van der Waals surface area (Å²) < 4.78 is 32.6. The van der Waals surface area contributed by atoms with E-state index < -0.39 is 15.4 Å². The summed E-state index contributed by atoms with van der Waals surface area (Å²) in [5.41, 5.74) is 2.40. The highest BCUT2D eigenvalue weighted by Crippen LogP contribution is 2.26. The van der Waals surface area contributed by atoms with Crippen molar-refractivity contribution in [2.24, 2.45) is 0 Å². The van der Waals surface area contributed by atoms with Crippen LogP contribution in [0.1, 0.15) is 21.9 Å². The van der Waals surface area contributed by atoms with E-state index in [0.717, 1.165) is 11.1 Å². The first kappa shape index (κ1) is 14.5. The van der Waals surface area contributed by atoms with Crippen molar-refractivity contribution in [3.8, 4) is 0 Å². The highest BCUT2D eigenvalue weighted by Gasteiger charge is 2.25. The number of rotatable bonds is 5. The van der Waals surface area contributed by atoms with E-state index >= 15 is 0 Å². The predicted octanol–water partition coefficient (Wildman–Crippen LogP) is 3.50. The molecule has 0 aliphatic carbocycles. The van der Waals surface area contributed by atoms with Crippen LogP contribution in [0.3, 0.4) is 0 Å². The van der Waals surface area contributed by atoms with Crippen LogP contribution in [0, 0.1) is 0 Å². The van der Waals surface area contributed by atoms with Gasteiger partial charge in [-0.15, -0.1) is 0 Å². The van der Waals surface area contributed by atoms with Crippen LogP contribution >= 0.6 is 0 Å². The first-order valence-corrected chi connectivity index (χ1v) is 7.73. The Hall–Kier alpha value is -1.91. The molecule has 0 radical (unpaired) electrons. The first-order valence-electron chi connectivity index (χ1n) is 6.23. The van der Waals surface area contributed by atoms with Gasteiger partial charge in [0.05, 0.1) is 0 Å². The Balaban J connectivity index is 2.31. The summed E-state index contributed by atoms with van der Waals surface area (Å²) in [6.45, 7) is 3.67. The fourth-order valence-corrected chi connectivity index (χ4v) is 2.97. The van der Waals surface area contributed by atoms with Crippen LogP contribution in [-0.4, -0.2) is 13.0 Å². The van der Waals surface area contributed by atoms with Crippen LogP contribution in [0.15, 0.2) is 61.2 Å². The Morgan fingerprint density at radius 2 is 1.65 bits per heavy atom. The molecule has 0 fully saturated rings. The molecule has 0 aliphatic rings. The Labute approximate surface area is 119 Å². The molecule has 1 atom stereocenters. The van der Waals surface area contributed by atoms with Crippen molar-refractivity contribution in [3.63, 3.8) is 0 Å². The van der Waals surface area contributed by atoms with Gasteiger partial charge in [-0.05, 0) is 23.1 Å². The van der Waals surface area contributed by atoms with Crippen molar-refractivity contribution in [2.75, 3.05) is 0 Å². The minimum Gasteiger partial charge on any atom is -0.285 e. The minimum atomic E-state index is -4.15. The molecule has 3 nitrogen and oxygen atoms in total. The normalized spacial score (nSPS) is 12.8. The summed E-state index contributed by atoms with van der Waals surface area (Å²) in [7, 11) is -4.15. The maximum absolute atomic E-state index is 11.6. The predicted molar refractivity (Wildman–Crippen MR) is 81.0 cm³/mol. The number of hydrogen-bond donors (Lipinski definition) is 1. The zero-order chi connectivity index (χ0) is 14.6. The molecule has 0 aliphatic heterocycles. The van der Waals surface area contributed by atoms with E-state index in [1.54, 1.807) is 30.3 Å². The van der Waals surface area contributed by atoms with Crippen LogP contribution in [-0.2, 0) is 16.5 Å². The highest BCUT2D eigenvalue weighted by atomic mass is 32.2. The molecule has 4 heteroatoms. The Bertz CT molecular complexity index is 673. The smallest absolute Gasteiger partial charge is 0.272 e. The Morgan fingerprint density at radius 1 is 1.05 bits per heavy atom. The van der Waals surface area contributed by atoms with Gasteiger partial charge in [-0.25, -0.2) is 0 Å². The molecule has 0 spiro atoms. The van der Waals surface area contributed by atoms with Gasteiger partial charge in [-0.2, -0.15) is 8.42 Å². The maximum Gasteiger partial charge on any atom is 0.272 e. The Morgan fingerprint density at radius 3 is 2.15 bits per heavy atom. The fourth-order valence-electron chi connectivity index (χ4n) is 2.07. The molecule has 1 unspecified atom stereocenters. The van der Waals surface area contributed by atoms with Crippen LogP contribution in [0.5, 0.6) is 0 Å². The zero-order valence-electron chi connectivity index (χ0n) is 10.9. The van der Waals surface area contributed by atoms with Crippen LogP contribution < -0.4 is 0 Å². The molecule has 20 heavy (non-hydrogen) atoms. The molecule has 0 saturated carbocycles. The molecule has 0 amide bonds. The highest BCUT2D eigenvalue weighted by molar-refractivity contribution is 7.86. The van der Waals surface area contributed by atoms with E-state index in [2.05, 4.69) is 6.58 Å². The van der Waals surface area contributed by atoms with Crippen molar-refractivity contribution < 1.29 is 13.0 Å². The molecule has 0 saturated heterocycles. The van der Waals surface area contributed by atoms with Gasteiger partial charge in [0, 0.05) is 0 Å². The number of benzene rings is 2. The number of hydrogen-bond acceptors (Lipinski definition) is 2. The molecule has 2 aromatic carbocycles. The van der Waals surface area contributed by atoms with E-state index in [1.165, 1.54) is 0 Å². The quantitative estimate of drug-likeness (QED) is 0.857. The molecule has 0 bridgehead atoms. The summed E-state index contributed by atoms with van der Waals surface area (Å²) in [5.74, 6) is 0. The third-order valence-corrected chi connectivity index (χ3v) is 4.33. The van der Waals surface area contributed by atoms with Crippen molar-refractivity contribution in [2.45, 2.75) is 11.7 Å². The third kappa shape index (κ3) is 3.56. The summed E-state index contributed by atoms with van der Waals surface area (Å²) in [6.07, 6.45) is 1.96. The van der Waals surface area contributed by atoms with E-state index in [9.17, 15) is 13.0 Å².